The lowest BCUT2D eigenvalue weighted by Gasteiger charge is -2.25. The van der Waals surface area contributed by atoms with E-state index in [-0.39, 0.29) is 11.3 Å². The summed E-state index contributed by atoms with van der Waals surface area (Å²) in [5.41, 5.74) is 2.64. The molecule has 1 N–H and O–H groups in total. The molecule has 0 saturated carbocycles. The maximum absolute atomic E-state index is 12.9. The van der Waals surface area contributed by atoms with Gasteiger partial charge in [0.1, 0.15) is 5.76 Å². The SMILES string of the molecule is COCCCN1C(=O)C(=O)/C(=C(/O)c2ccccc2)[C@H]1c1ccc(C(C)C)cc1. The molecule has 1 amide bonds. The van der Waals surface area contributed by atoms with Crippen molar-refractivity contribution in [3.8, 4) is 0 Å². The zero-order valence-electron chi connectivity index (χ0n) is 17.1. The van der Waals surface area contributed by atoms with Crippen LogP contribution in [0, 0.1) is 0 Å². The molecular formula is C24H27NO4. The Kier molecular flexibility index (Phi) is 6.49. The molecule has 5 nitrogen and oxygen atoms in total. The monoisotopic (exact) mass is 393 g/mol. The van der Waals surface area contributed by atoms with Crippen LogP contribution in [0.2, 0.25) is 0 Å². The predicted octanol–water partition coefficient (Wildman–Crippen LogP) is 4.27. The Balaban J connectivity index is 2.09. The van der Waals surface area contributed by atoms with Crippen molar-refractivity contribution in [2.24, 2.45) is 0 Å². The number of ketones is 1. The second-order valence-corrected chi connectivity index (χ2v) is 7.53. The van der Waals surface area contributed by atoms with Gasteiger partial charge in [-0.1, -0.05) is 68.4 Å². The third-order valence-electron chi connectivity index (χ3n) is 5.25. The number of carbonyl (C=O) groups excluding carboxylic acids is 2. The number of nitrogens with zero attached hydrogens (tertiary/aromatic N) is 1. The molecule has 2 aromatic carbocycles. The fourth-order valence-electron chi connectivity index (χ4n) is 3.65. The summed E-state index contributed by atoms with van der Waals surface area (Å²) >= 11 is 0. The molecule has 5 heteroatoms. The van der Waals surface area contributed by atoms with Gasteiger partial charge in [0, 0.05) is 25.8 Å². The number of methoxy groups -OCH3 is 1. The predicted molar refractivity (Wildman–Crippen MR) is 112 cm³/mol. The van der Waals surface area contributed by atoms with Crippen molar-refractivity contribution in [1.82, 2.24) is 4.90 Å². The van der Waals surface area contributed by atoms with Crippen LogP contribution in [0.25, 0.3) is 5.76 Å². The second-order valence-electron chi connectivity index (χ2n) is 7.53. The number of benzene rings is 2. The number of rotatable bonds is 7. The molecule has 1 aliphatic heterocycles. The van der Waals surface area contributed by atoms with Crippen molar-refractivity contribution in [3.05, 3.63) is 76.9 Å². The Morgan fingerprint density at radius 2 is 1.72 bits per heavy atom. The average Bonchev–Trinajstić information content (AvgIpc) is 2.99. The van der Waals surface area contributed by atoms with E-state index in [4.69, 9.17) is 4.74 Å². The van der Waals surface area contributed by atoms with E-state index < -0.39 is 17.7 Å². The van der Waals surface area contributed by atoms with E-state index in [0.29, 0.717) is 31.1 Å². The van der Waals surface area contributed by atoms with Crippen molar-refractivity contribution < 1.29 is 19.4 Å². The highest BCUT2D eigenvalue weighted by Gasteiger charge is 2.45. The average molecular weight is 393 g/mol. The van der Waals surface area contributed by atoms with Gasteiger partial charge in [0.15, 0.2) is 0 Å². The lowest BCUT2D eigenvalue weighted by atomic mass is 9.93. The number of ether oxygens (including phenoxy) is 1. The van der Waals surface area contributed by atoms with E-state index in [0.717, 1.165) is 5.56 Å². The van der Waals surface area contributed by atoms with Crippen molar-refractivity contribution >= 4 is 17.4 Å². The fraction of sp³-hybridized carbons (Fsp3) is 0.333. The third kappa shape index (κ3) is 4.25. The Labute approximate surface area is 171 Å². The number of aliphatic hydroxyl groups is 1. The molecule has 0 aromatic heterocycles. The van der Waals surface area contributed by atoms with E-state index in [9.17, 15) is 14.7 Å². The molecule has 0 bridgehead atoms. The van der Waals surface area contributed by atoms with E-state index in [2.05, 4.69) is 13.8 Å². The standard InChI is InChI=1S/C24H27NO4/c1-16(2)17-10-12-18(13-11-17)21-20(22(26)19-8-5-4-6-9-19)23(27)24(28)25(21)14-7-15-29-3/h4-6,8-13,16,21,26H,7,14-15H2,1-3H3/b22-20+/t21-/m1/s1. The van der Waals surface area contributed by atoms with Crippen LogP contribution in [-0.2, 0) is 14.3 Å². The maximum Gasteiger partial charge on any atom is 0.295 e. The third-order valence-corrected chi connectivity index (χ3v) is 5.25. The largest absolute Gasteiger partial charge is 0.507 e. The molecule has 1 aliphatic rings. The summed E-state index contributed by atoms with van der Waals surface area (Å²) in [4.78, 5) is 27.2. The van der Waals surface area contributed by atoms with Gasteiger partial charge in [-0.2, -0.15) is 0 Å². The van der Waals surface area contributed by atoms with Gasteiger partial charge in [0.05, 0.1) is 11.6 Å². The minimum absolute atomic E-state index is 0.135. The van der Waals surface area contributed by atoms with Crippen LogP contribution in [0.5, 0.6) is 0 Å². The number of amides is 1. The summed E-state index contributed by atoms with van der Waals surface area (Å²) in [7, 11) is 1.60. The van der Waals surface area contributed by atoms with Crippen molar-refractivity contribution in [2.45, 2.75) is 32.2 Å². The van der Waals surface area contributed by atoms with E-state index in [1.165, 1.54) is 5.56 Å². The lowest BCUT2D eigenvalue weighted by Crippen LogP contribution is -2.31. The minimum atomic E-state index is -0.651. The van der Waals surface area contributed by atoms with Gasteiger partial charge in [0.2, 0.25) is 0 Å². The first-order chi connectivity index (χ1) is 14.0. The van der Waals surface area contributed by atoms with Crippen molar-refractivity contribution in [1.29, 1.82) is 0 Å². The van der Waals surface area contributed by atoms with Crippen LogP contribution in [0.15, 0.2) is 60.2 Å². The van der Waals surface area contributed by atoms with E-state index in [1.54, 1.807) is 36.3 Å². The van der Waals surface area contributed by atoms with Gasteiger partial charge in [-0.05, 0) is 23.5 Å². The molecule has 3 rings (SSSR count). The fourth-order valence-corrected chi connectivity index (χ4v) is 3.65. The van der Waals surface area contributed by atoms with Gasteiger partial charge in [-0.25, -0.2) is 0 Å². The molecule has 152 valence electrons. The summed E-state index contributed by atoms with van der Waals surface area (Å²) in [6, 6.07) is 16.2. The maximum atomic E-state index is 12.9. The molecule has 0 spiro atoms. The van der Waals surface area contributed by atoms with E-state index >= 15 is 0 Å². The zero-order valence-corrected chi connectivity index (χ0v) is 17.1. The Morgan fingerprint density at radius 1 is 1.07 bits per heavy atom. The summed E-state index contributed by atoms with van der Waals surface area (Å²) in [5, 5.41) is 10.9. The topological polar surface area (TPSA) is 66.8 Å². The molecule has 1 saturated heterocycles. The van der Waals surface area contributed by atoms with Crippen LogP contribution in [0.1, 0.15) is 48.9 Å². The second kappa shape index (κ2) is 9.05. The minimum Gasteiger partial charge on any atom is -0.507 e. The first-order valence-electron chi connectivity index (χ1n) is 9.88. The number of hydrogen-bond acceptors (Lipinski definition) is 4. The van der Waals surface area contributed by atoms with Gasteiger partial charge in [0.25, 0.3) is 11.7 Å². The molecule has 1 atom stereocenters. The first kappa shape index (κ1) is 20.8. The summed E-state index contributed by atoms with van der Waals surface area (Å²) < 4.78 is 5.11. The highest BCUT2D eigenvalue weighted by molar-refractivity contribution is 6.46. The highest BCUT2D eigenvalue weighted by Crippen LogP contribution is 2.39. The molecular weight excluding hydrogens is 366 g/mol. The molecule has 0 unspecified atom stereocenters. The van der Waals surface area contributed by atoms with Gasteiger partial charge in [-0.3, -0.25) is 9.59 Å². The number of likely N-dealkylation sites (tertiary alicyclic amines) is 1. The van der Waals surface area contributed by atoms with Gasteiger partial charge < -0.3 is 14.7 Å². The highest BCUT2D eigenvalue weighted by atomic mass is 16.5. The normalized spacial score (nSPS) is 18.6. The quantitative estimate of drug-likeness (QED) is 0.330. The summed E-state index contributed by atoms with van der Waals surface area (Å²) in [5.74, 6) is -1.00. The Bertz CT molecular complexity index is 900. The van der Waals surface area contributed by atoms with Crippen LogP contribution < -0.4 is 0 Å². The van der Waals surface area contributed by atoms with Crippen LogP contribution in [-0.4, -0.2) is 42.0 Å². The Hall–Kier alpha value is -2.92. The van der Waals surface area contributed by atoms with Crippen LogP contribution >= 0.6 is 0 Å². The molecule has 1 fully saturated rings. The van der Waals surface area contributed by atoms with Gasteiger partial charge in [-0.15, -0.1) is 0 Å². The number of carbonyl (C=O) groups is 2. The molecule has 29 heavy (non-hydrogen) atoms. The van der Waals surface area contributed by atoms with Crippen LogP contribution in [0.3, 0.4) is 0 Å². The van der Waals surface area contributed by atoms with Crippen molar-refractivity contribution in [2.75, 3.05) is 20.3 Å². The zero-order chi connectivity index (χ0) is 21.0. The molecule has 0 aliphatic carbocycles. The lowest BCUT2D eigenvalue weighted by molar-refractivity contribution is -0.140. The van der Waals surface area contributed by atoms with Gasteiger partial charge >= 0.3 is 0 Å². The molecule has 2 aromatic rings. The Morgan fingerprint density at radius 3 is 2.31 bits per heavy atom. The summed E-state index contributed by atoms with van der Waals surface area (Å²) in [6.45, 7) is 5.09. The van der Waals surface area contributed by atoms with Crippen LogP contribution in [0.4, 0.5) is 0 Å². The summed E-state index contributed by atoms with van der Waals surface area (Å²) in [6.07, 6.45) is 0.607. The van der Waals surface area contributed by atoms with E-state index in [1.807, 2.05) is 30.3 Å². The van der Waals surface area contributed by atoms with Crippen molar-refractivity contribution in [3.63, 3.8) is 0 Å². The first-order valence-corrected chi connectivity index (χ1v) is 9.88. The molecule has 0 radical (unpaired) electrons. The number of Topliss-reactive ketones (excluding diaryl/α,β-unsaturated/α-hetero) is 1. The number of hydrogen-bond donors (Lipinski definition) is 1. The smallest absolute Gasteiger partial charge is 0.295 e. The number of aliphatic hydroxyl groups excluding tert-OH is 1. The molecule has 1 heterocycles.